The standard InChI is InChI=1S/C26H29Cl2N3OS/c27-22-11-13-23(14-12-22)33-31(24-9-6-15-29-26(24)28)20-21-8-2-3-10-25(21)32-19-7-18-30-16-4-1-5-17-30/h2-3,6,8-15H,1,4-5,7,16-20H2. The van der Waals surface area contributed by atoms with E-state index in [1.54, 1.807) is 18.1 Å². The fraction of sp³-hybridized carbons (Fsp3) is 0.346. The molecule has 0 unspecified atom stereocenters. The van der Waals surface area contributed by atoms with E-state index in [0.717, 1.165) is 34.9 Å². The zero-order valence-corrected chi connectivity index (χ0v) is 21.0. The quantitative estimate of drug-likeness (QED) is 0.164. The van der Waals surface area contributed by atoms with E-state index < -0.39 is 0 Å². The summed E-state index contributed by atoms with van der Waals surface area (Å²) < 4.78 is 8.38. The molecule has 4 nitrogen and oxygen atoms in total. The highest BCUT2D eigenvalue weighted by molar-refractivity contribution is 8.00. The van der Waals surface area contributed by atoms with Crippen LogP contribution in [0.3, 0.4) is 0 Å². The molecule has 0 amide bonds. The lowest BCUT2D eigenvalue weighted by Gasteiger charge is -2.26. The molecular weight excluding hydrogens is 473 g/mol. The van der Waals surface area contributed by atoms with Crippen molar-refractivity contribution in [3.8, 4) is 5.75 Å². The largest absolute Gasteiger partial charge is 0.493 e. The average Bonchev–Trinajstić information content (AvgIpc) is 2.85. The minimum Gasteiger partial charge on any atom is -0.493 e. The second-order valence-corrected chi connectivity index (χ2v) is 10.00. The van der Waals surface area contributed by atoms with Crippen molar-refractivity contribution in [3.63, 3.8) is 0 Å². The lowest BCUT2D eigenvalue weighted by molar-refractivity contribution is 0.204. The van der Waals surface area contributed by atoms with Crippen molar-refractivity contribution in [2.24, 2.45) is 0 Å². The third kappa shape index (κ3) is 7.28. The average molecular weight is 503 g/mol. The maximum atomic E-state index is 6.47. The Labute approximate surface area is 211 Å². The summed E-state index contributed by atoms with van der Waals surface area (Å²) in [5.74, 6) is 0.915. The zero-order valence-electron chi connectivity index (χ0n) is 18.6. The number of aromatic nitrogens is 1. The summed E-state index contributed by atoms with van der Waals surface area (Å²) >= 11 is 14.2. The predicted molar refractivity (Wildman–Crippen MR) is 140 cm³/mol. The van der Waals surface area contributed by atoms with Crippen LogP contribution < -0.4 is 9.04 Å². The van der Waals surface area contributed by atoms with Crippen LogP contribution in [-0.2, 0) is 6.54 Å². The second kappa shape index (κ2) is 12.5. The van der Waals surface area contributed by atoms with Crippen LogP contribution in [-0.4, -0.2) is 36.1 Å². The van der Waals surface area contributed by atoms with E-state index in [4.69, 9.17) is 27.9 Å². The molecule has 7 heteroatoms. The van der Waals surface area contributed by atoms with Gasteiger partial charge in [-0.15, -0.1) is 0 Å². The number of pyridine rings is 1. The van der Waals surface area contributed by atoms with Crippen LogP contribution >= 0.6 is 35.1 Å². The van der Waals surface area contributed by atoms with Gasteiger partial charge in [-0.2, -0.15) is 0 Å². The number of halogens is 2. The highest BCUT2D eigenvalue weighted by Crippen LogP contribution is 2.36. The fourth-order valence-electron chi connectivity index (χ4n) is 3.94. The smallest absolute Gasteiger partial charge is 0.153 e. The van der Waals surface area contributed by atoms with E-state index in [2.05, 4.69) is 20.3 Å². The summed E-state index contributed by atoms with van der Waals surface area (Å²) in [7, 11) is 0. The third-order valence-electron chi connectivity index (χ3n) is 5.65. The molecule has 3 aromatic rings. The minimum absolute atomic E-state index is 0.471. The van der Waals surface area contributed by atoms with Crippen LogP contribution in [0.2, 0.25) is 10.2 Å². The number of rotatable bonds is 10. The first kappa shape index (κ1) is 24.2. The predicted octanol–water partition coefficient (Wildman–Crippen LogP) is 7.36. The van der Waals surface area contributed by atoms with Gasteiger partial charge in [-0.25, -0.2) is 4.98 Å². The topological polar surface area (TPSA) is 28.6 Å². The van der Waals surface area contributed by atoms with Gasteiger partial charge in [-0.1, -0.05) is 47.8 Å². The number of para-hydroxylation sites is 1. The summed E-state index contributed by atoms with van der Waals surface area (Å²) in [6.45, 7) is 4.89. The summed E-state index contributed by atoms with van der Waals surface area (Å²) in [5, 5.41) is 1.19. The maximum Gasteiger partial charge on any atom is 0.153 e. The Hall–Kier alpha value is -1.92. The first-order valence-corrected chi connectivity index (χ1v) is 13.0. The van der Waals surface area contributed by atoms with Gasteiger partial charge < -0.3 is 13.9 Å². The van der Waals surface area contributed by atoms with Crippen molar-refractivity contribution >= 4 is 40.8 Å². The van der Waals surface area contributed by atoms with Crippen LogP contribution in [0.4, 0.5) is 5.69 Å². The van der Waals surface area contributed by atoms with Gasteiger partial charge in [-0.05, 0) is 86.8 Å². The van der Waals surface area contributed by atoms with E-state index in [1.165, 1.54) is 32.4 Å². The molecule has 1 fully saturated rings. The first-order valence-electron chi connectivity index (χ1n) is 11.4. The van der Waals surface area contributed by atoms with Gasteiger partial charge in [0.25, 0.3) is 0 Å². The van der Waals surface area contributed by atoms with E-state index in [1.807, 2.05) is 54.6 Å². The highest BCUT2D eigenvalue weighted by atomic mass is 35.5. The molecule has 33 heavy (non-hydrogen) atoms. The first-order chi connectivity index (χ1) is 16.2. The van der Waals surface area contributed by atoms with Crippen LogP contribution in [0.5, 0.6) is 5.75 Å². The lowest BCUT2D eigenvalue weighted by atomic mass is 10.1. The monoisotopic (exact) mass is 501 g/mol. The Morgan fingerprint density at radius 3 is 2.52 bits per heavy atom. The molecule has 1 aliphatic rings. The van der Waals surface area contributed by atoms with Crippen molar-refractivity contribution in [3.05, 3.63) is 82.6 Å². The summed E-state index contributed by atoms with van der Waals surface area (Å²) in [5.41, 5.74) is 1.97. The number of piperidine rings is 1. The molecule has 174 valence electrons. The normalized spacial score (nSPS) is 14.2. The van der Waals surface area contributed by atoms with E-state index in [9.17, 15) is 0 Å². The van der Waals surface area contributed by atoms with E-state index in [-0.39, 0.29) is 0 Å². The summed E-state index contributed by atoms with van der Waals surface area (Å²) in [4.78, 5) is 7.90. The molecule has 0 radical (unpaired) electrons. The molecule has 0 spiro atoms. The van der Waals surface area contributed by atoms with Crippen LogP contribution in [0.15, 0.2) is 71.8 Å². The molecule has 4 rings (SSSR count). The summed E-state index contributed by atoms with van der Waals surface area (Å²) in [6, 6.07) is 19.9. The highest BCUT2D eigenvalue weighted by Gasteiger charge is 2.16. The summed E-state index contributed by atoms with van der Waals surface area (Å²) in [6.07, 6.45) is 6.75. The lowest BCUT2D eigenvalue weighted by Crippen LogP contribution is -2.31. The Kier molecular flexibility index (Phi) is 9.18. The van der Waals surface area contributed by atoms with Gasteiger partial charge in [0.2, 0.25) is 0 Å². The number of benzene rings is 2. The molecule has 0 atom stereocenters. The van der Waals surface area contributed by atoms with E-state index >= 15 is 0 Å². The molecule has 1 aliphatic heterocycles. The van der Waals surface area contributed by atoms with Crippen molar-refractivity contribution in [2.45, 2.75) is 37.1 Å². The van der Waals surface area contributed by atoms with Crippen molar-refractivity contribution in [1.82, 2.24) is 9.88 Å². The van der Waals surface area contributed by atoms with Crippen LogP contribution in [0, 0.1) is 0 Å². The number of anilines is 1. The van der Waals surface area contributed by atoms with Crippen LogP contribution in [0.25, 0.3) is 0 Å². The number of hydrogen-bond acceptors (Lipinski definition) is 5. The number of likely N-dealkylation sites (tertiary alicyclic amines) is 1. The maximum absolute atomic E-state index is 6.47. The van der Waals surface area contributed by atoms with Gasteiger partial charge in [0.05, 0.1) is 18.8 Å². The molecule has 1 saturated heterocycles. The van der Waals surface area contributed by atoms with Gasteiger partial charge in [0.1, 0.15) is 5.75 Å². The number of ether oxygens (including phenoxy) is 1. The SMILES string of the molecule is Clc1ccc(SN(Cc2ccccc2OCCCN2CCCCC2)c2cccnc2Cl)cc1. The van der Waals surface area contributed by atoms with Crippen molar-refractivity contribution in [2.75, 3.05) is 30.5 Å². The van der Waals surface area contributed by atoms with Gasteiger partial charge >= 0.3 is 0 Å². The fourth-order valence-corrected chi connectivity index (χ4v) is 5.30. The zero-order chi connectivity index (χ0) is 22.9. The van der Waals surface area contributed by atoms with Crippen LogP contribution in [0.1, 0.15) is 31.2 Å². The minimum atomic E-state index is 0.471. The van der Waals surface area contributed by atoms with Crippen molar-refractivity contribution < 1.29 is 4.74 Å². The second-order valence-electron chi connectivity index (χ2n) is 8.11. The van der Waals surface area contributed by atoms with Gasteiger partial charge in [0, 0.05) is 28.2 Å². The third-order valence-corrected chi connectivity index (χ3v) is 7.22. The Morgan fingerprint density at radius 2 is 1.73 bits per heavy atom. The molecule has 2 aromatic carbocycles. The number of hydrogen-bond donors (Lipinski definition) is 0. The molecule has 1 aromatic heterocycles. The number of nitrogens with zero attached hydrogens (tertiary/aromatic N) is 3. The Balaban J connectivity index is 1.45. The molecule has 0 N–H and O–H groups in total. The molecule has 0 bridgehead atoms. The van der Waals surface area contributed by atoms with Crippen molar-refractivity contribution in [1.29, 1.82) is 0 Å². The molecule has 0 aliphatic carbocycles. The molecular formula is C26H29Cl2N3OS. The molecule has 2 heterocycles. The van der Waals surface area contributed by atoms with E-state index in [0.29, 0.717) is 23.3 Å². The Morgan fingerprint density at radius 1 is 0.939 bits per heavy atom. The van der Waals surface area contributed by atoms with Gasteiger partial charge in [0.15, 0.2) is 5.15 Å². The Bertz CT molecular complexity index is 1010. The van der Waals surface area contributed by atoms with Gasteiger partial charge in [-0.3, -0.25) is 0 Å². The molecule has 0 saturated carbocycles.